The molecule has 0 fully saturated rings. The van der Waals surface area contributed by atoms with Gasteiger partial charge >= 0.3 is 18.2 Å². The summed E-state index contributed by atoms with van der Waals surface area (Å²) >= 11 is 0. The van der Waals surface area contributed by atoms with Crippen molar-refractivity contribution in [1.29, 1.82) is 0 Å². The lowest BCUT2D eigenvalue weighted by Gasteiger charge is -2.15. The number of amides is 3. The van der Waals surface area contributed by atoms with Crippen LogP contribution in [0.4, 0.5) is 9.59 Å². The monoisotopic (exact) mass is 815 g/mol. The summed E-state index contributed by atoms with van der Waals surface area (Å²) in [6, 6.07) is 31.8. The highest BCUT2D eigenvalue weighted by Crippen LogP contribution is 2.45. The van der Waals surface area contributed by atoms with Gasteiger partial charge in [0.15, 0.2) is 0 Å². The molecule has 4 aromatic rings. The SMILES string of the molecule is O=C(CCCCCNC(=O)OCC1c2ccccc2-c2ccccc21)CCCCC[C@H](NC(=O)CCCCCNC(=O)OCC1c2ccccc2-c2ccccc21)C(=O)O. The van der Waals surface area contributed by atoms with Gasteiger partial charge in [0.25, 0.3) is 0 Å². The van der Waals surface area contributed by atoms with Crippen LogP contribution >= 0.6 is 0 Å². The van der Waals surface area contributed by atoms with Gasteiger partial charge in [-0.25, -0.2) is 14.4 Å². The normalized spacial score (nSPS) is 13.0. The Morgan fingerprint density at radius 1 is 0.500 bits per heavy atom. The third-order valence-corrected chi connectivity index (χ3v) is 11.5. The molecule has 0 unspecified atom stereocenters. The van der Waals surface area contributed by atoms with Crippen LogP contribution in [0, 0.1) is 0 Å². The van der Waals surface area contributed by atoms with Gasteiger partial charge < -0.3 is 30.5 Å². The smallest absolute Gasteiger partial charge is 0.407 e. The first kappa shape index (κ1) is 43.6. The molecule has 0 saturated heterocycles. The van der Waals surface area contributed by atoms with Gasteiger partial charge in [0.2, 0.25) is 5.91 Å². The topological polar surface area (TPSA) is 160 Å². The second-order valence-corrected chi connectivity index (χ2v) is 15.7. The zero-order valence-corrected chi connectivity index (χ0v) is 34.3. The van der Waals surface area contributed by atoms with Crippen molar-refractivity contribution in [2.24, 2.45) is 0 Å². The van der Waals surface area contributed by atoms with Crippen molar-refractivity contribution in [3.8, 4) is 22.3 Å². The van der Waals surface area contributed by atoms with E-state index in [1.165, 1.54) is 33.4 Å². The molecule has 4 aromatic carbocycles. The van der Waals surface area contributed by atoms with E-state index in [4.69, 9.17) is 9.47 Å². The number of rotatable bonds is 24. The number of carboxylic acids is 1. The molecular formula is C49H57N3O8. The number of hydrogen-bond donors (Lipinski definition) is 4. The molecule has 0 spiro atoms. The molecule has 11 heteroatoms. The van der Waals surface area contributed by atoms with E-state index in [1.807, 2.05) is 48.5 Å². The molecule has 2 aliphatic carbocycles. The first-order valence-corrected chi connectivity index (χ1v) is 21.5. The van der Waals surface area contributed by atoms with Gasteiger partial charge in [0.1, 0.15) is 25.0 Å². The van der Waals surface area contributed by atoms with E-state index in [0.29, 0.717) is 70.9 Å². The van der Waals surface area contributed by atoms with Crippen LogP contribution in [0.2, 0.25) is 0 Å². The van der Waals surface area contributed by atoms with Gasteiger partial charge in [-0.15, -0.1) is 0 Å². The Labute approximate surface area is 352 Å². The average molecular weight is 816 g/mol. The quantitative estimate of drug-likeness (QED) is 0.0510. The summed E-state index contributed by atoms with van der Waals surface area (Å²) in [5.74, 6) is -1.19. The van der Waals surface area contributed by atoms with Gasteiger partial charge in [0, 0.05) is 44.2 Å². The maximum absolute atomic E-state index is 12.5. The minimum atomic E-state index is -1.07. The first-order chi connectivity index (χ1) is 29.3. The van der Waals surface area contributed by atoms with Crippen LogP contribution < -0.4 is 16.0 Å². The Hall–Kier alpha value is -5.97. The van der Waals surface area contributed by atoms with E-state index in [9.17, 15) is 29.1 Å². The number of carbonyl (C=O) groups excluding carboxylic acids is 4. The Morgan fingerprint density at radius 2 is 0.883 bits per heavy atom. The molecule has 3 amide bonds. The van der Waals surface area contributed by atoms with Crippen LogP contribution in [0.1, 0.15) is 118 Å². The predicted octanol–water partition coefficient (Wildman–Crippen LogP) is 9.27. The number of alkyl carbamates (subject to hydrolysis) is 2. The van der Waals surface area contributed by atoms with Crippen LogP contribution in [-0.4, -0.2) is 67.3 Å². The maximum Gasteiger partial charge on any atom is 0.407 e. The van der Waals surface area contributed by atoms with Gasteiger partial charge in [-0.2, -0.15) is 0 Å². The fourth-order valence-electron chi connectivity index (χ4n) is 8.39. The van der Waals surface area contributed by atoms with E-state index < -0.39 is 24.2 Å². The Morgan fingerprint density at radius 3 is 1.30 bits per heavy atom. The highest BCUT2D eigenvalue weighted by molar-refractivity contribution is 5.83. The number of ether oxygens (including phenoxy) is 2. The van der Waals surface area contributed by atoms with Gasteiger partial charge in [-0.3, -0.25) is 9.59 Å². The summed E-state index contributed by atoms with van der Waals surface area (Å²) in [6.45, 7) is 1.42. The van der Waals surface area contributed by atoms with Crippen molar-refractivity contribution in [3.05, 3.63) is 119 Å². The summed E-state index contributed by atoms with van der Waals surface area (Å²) in [7, 11) is 0. The summed E-state index contributed by atoms with van der Waals surface area (Å²) in [4.78, 5) is 61.5. The van der Waals surface area contributed by atoms with Crippen LogP contribution in [0.15, 0.2) is 97.1 Å². The number of fused-ring (bicyclic) bond motifs is 6. The number of ketones is 1. The van der Waals surface area contributed by atoms with Crippen molar-refractivity contribution in [2.75, 3.05) is 26.3 Å². The van der Waals surface area contributed by atoms with Crippen molar-refractivity contribution in [2.45, 2.75) is 101 Å². The third kappa shape index (κ3) is 12.1. The molecule has 0 bridgehead atoms. The van der Waals surface area contributed by atoms with E-state index in [1.54, 1.807) is 0 Å². The molecule has 0 aromatic heterocycles. The number of carbonyl (C=O) groups is 5. The molecule has 4 N–H and O–H groups in total. The molecule has 6 rings (SSSR count). The van der Waals surface area contributed by atoms with E-state index in [0.717, 1.165) is 30.4 Å². The number of nitrogens with one attached hydrogen (secondary N) is 3. The predicted molar refractivity (Wildman–Crippen MR) is 231 cm³/mol. The van der Waals surface area contributed by atoms with E-state index in [-0.39, 0.29) is 43.2 Å². The molecular weight excluding hydrogens is 759 g/mol. The number of benzene rings is 4. The second-order valence-electron chi connectivity index (χ2n) is 15.7. The summed E-state index contributed by atoms with van der Waals surface area (Å²) < 4.78 is 11.2. The molecule has 2 aliphatic rings. The molecule has 0 aliphatic heterocycles. The number of hydrogen-bond acceptors (Lipinski definition) is 7. The molecule has 0 saturated carbocycles. The highest BCUT2D eigenvalue weighted by atomic mass is 16.6. The van der Waals surface area contributed by atoms with Crippen LogP contribution in [0.25, 0.3) is 22.3 Å². The standard InChI is InChI=1S/C49H57N3O8/c53-34(19-5-2-16-30-50-48(57)59-32-43-39-24-12-8-20-35(39)36-21-9-13-25-40(36)43)18-4-1-6-28-45(47(55)56)52-46(54)29-7-3-17-31-51-49(58)60-33-44-41-26-14-10-22-37(41)38-23-11-15-27-42(38)44/h8-15,20-27,43-45H,1-7,16-19,28-33H2,(H,50,57)(H,51,58)(H,52,54)(H,55,56)/t45-/m0/s1. The lowest BCUT2D eigenvalue weighted by atomic mass is 9.98. The van der Waals surface area contributed by atoms with Crippen molar-refractivity contribution >= 4 is 29.8 Å². The summed E-state index contributed by atoms with van der Waals surface area (Å²) in [6.07, 6.45) is 6.72. The third-order valence-electron chi connectivity index (χ3n) is 11.5. The lowest BCUT2D eigenvalue weighted by molar-refractivity contribution is -0.142. The van der Waals surface area contributed by atoms with Crippen molar-refractivity contribution in [1.82, 2.24) is 16.0 Å². The zero-order chi connectivity index (χ0) is 42.1. The first-order valence-electron chi connectivity index (χ1n) is 21.5. The maximum atomic E-state index is 12.5. The number of Topliss-reactive ketones (excluding diaryl/α,β-unsaturated/α-hetero) is 1. The van der Waals surface area contributed by atoms with Crippen molar-refractivity contribution in [3.63, 3.8) is 0 Å². The molecule has 316 valence electrons. The number of carboxylic acid groups (broad SMARTS) is 1. The largest absolute Gasteiger partial charge is 0.480 e. The van der Waals surface area contributed by atoms with Gasteiger partial charge in [-0.05, 0) is 83.0 Å². The van der Waals surface area contributed by atoms with Gasteiger partial charge in [-0.1, -0.05) is 123 Å². The molecule has 1 atom stereocenters. The van der Waals surface area contributed by atoms with Crippen molar-refractivity contribution < 1.29 is 38.6 Å². The fourth-order valence-corrected chi connectivity index (χ4v) is 8.39. The van der Waals surface area contributed by atoms with Crippen LogP contribution in [0.3, 0.4) is 0 Å². The highest BCUT2D eigenvalue weighted by Gasteiger charge is 2.30. The Balaban J connectivity index is 0.738. The number of aliphatic carboxylic acids is 1. The minimum Gasteiger partial charge on any atom is -0.480 e. The number of unbranched alkanes of at least 4 members (excludes halogenated alkanes) is 6. The lowest BCUT2D eigenvalue weighted by Crippen LogP contribution is -2.40. The van der Waals surface area contributed by atoms with Gasteiger partial charge in [0.05, 0.1) is 0 Å². The Kier molecular flexibility index (Phi) is 16.3. The molecule has 11 nitrogen and oxygen atoms in total. The summed E-state index contributed by atoms with van der Waals surface area (Å²) in [5, 5.41) is 17.9. The molecule has 0 heterocycles. The Bertz CT molecular complexity index is 2010. The van der Waals surface area contributed by atoms with Crippen LogP contribution in [-0.2, 0) is 23.9 Å². The molecule has 0 radical (unpaired) electrons. The second kappa shape index (κ2) is 22.4. The summed E-state index contributed by atoms with van der Waals surface area (Å²) in [5.41, 5.74) is 9.37. The van der Waals surface area contributed by atoms with E-state index >= 15 is 0 Å². The fraction of sp³-hybridized carbons (Fsp3) is 0.408. The minimum absolute atomic E-state index is 0.00446. The zero-order valence-electron chi connectivity index (χ0n) is 34.3. The average Bonchev–Trinajstić information content (AvgIpc) is 3.76. The van der Waals surface area contributed by atoms with Crippen LogP contribution in [0.5, 0.6) is 0 Å². The van der Waals surface area contributed by atoms with E-state index in [2.05, 4.69) is 64.5 Å². The molecule has 60 heavy (non-hydrogen) atoms.